The first-order valence-corrected chi connectivity index (χ1v) is 6.74. The molecule has 0 aliphatic carbocycles. The molecule has 2 saturated heterocycles. The van der Waals surface area contributed by atoms with E-state index in [0.717, 1.165) is 26.1 Å². The first kappa shape index (κ1) is 14.1. The van der Waals surface area contributed by atoms with E-state index in [1.165, 1.54) is 0 Å². The molecular formula is C12H22F3N3. The van der Waals surface area contributed by atoms with Crippen molar-refractivity contribution < 1.29 is 13.2 Å². The summed E-state index contributed by atoms with van der Waals surface area (Å²) in [5.41, 5.74) is 0. The zero-order valence-corrected chi connectivity index (χ0v) is 10.8. The second-order valence-corrected chi connectivity index (χ2v) is 5.30. The molecule has 0 amide bonds. The van der Waals surface area contributed by atoms with E-state index in [-0.39, 0.29) is 6.54 Å². The van der Waals surface area contributed by atoms with Crippen molar-refractivity contribution in [2.24, 2.45) is 5.92 Å². The van der Waals surface area contributed by atoms with Crippen LogP contribution in [0.25, 0.3) is 0 Å². The van der Waals surface area contributed by atoms with Gasteiger partial charge < -0.3 is 10.2 Å². The van der Waals surface area contributed by atoms with Gasteiger partial charge in [-0.1, -0.05) is 6.92 Å². The minimum Gasteiger partial charge on any atom is -0.314 e. The smallest absolute Gasteiger partial charge is 0.314 e. The number of halogens is 3. The zero-order chi connectivity index (χ0) is 13.2. The van der Waals surface area contributed by atoms with Crippen LogP contribution in [0.15, 0.2) is 0 Å². The molecule has 106 valence electrons. The lowest BCUT2D eigenvalue weighted by Gasteiger charge is -2.38. The van der Waals surface area contributed by atoms with Gasteiger partial charge in [0.25, 0.3) is 0 Å². The highest BCUT2D eigenvalue weighted by molar-refractivity contribution is 4.88. The van der Waals surface area contributed by atoms with Crippen molar-refractivity contribution >= 4 is 0 Å². The van der Waals surface area contributed by atoms with Crippen LogP contribution >= 0.6 is 0 Å². The number of rotatable bonds is 3. The molecule has 0 spiro atoms. The van der Waals surface area contributed by atoms with E-state index in [9.17, 15) is 13.2 Å². The van der Waals surface area contributed by atoms with Gasteiger partial charge in [-0.2, -0.15) is 13.2 Å². The van der Waals surface area contributed by atoms with E-state index in [1.54, 1.807) is 4.90 Å². The van der Waals surface area contributed by atoms with E-state index in [0.29, 0.717) is 25.6 Å². The first-order valence-electron chi connectivity index (χ1n) is 6.74. The second kappa shape index (κ2) is 5.75. The molecule has 2 unspecified atom stereocenters. The van der Waals surface area contributed by atoms with Gasteiger partial charge in [0.05, 0.1) is 0 Å². The van der Waals surface area contributed by atoms with E-state index >= 15 is 0 Å². The van der Waals surface area contributed by atoms with Gasteiger partial charge in [0, 0.05) is 32.7 Å². The fraction of sp³-hybridized carbons (Fsp3) is 1.00. The predicted molar refractivity (Wildman–Crippen MR) is 64.5 cm³/mol. The second-order valence-electron chi connectivity index (χ2n) is 5.30. The highest BCUT2D eigenvalue weighted by Crippen LogP contribution is 2.27. The summed E-state index contributed by atoms with van der Waals surface area (Å²) >= 11 is 0. The predicted octanol–water partition coefficient (Wildman–Crippen LogP) is 1.16. The molecule has 2 heterocycles. The Morgan fingerprint density at radius 3 is 2.67 bits per heavy atom. The molecule has 2 atom stereocenters. The van der Waals surface area contributed by atoms with Gasteiger partial charge in [0.15, 0.2) is 0 Å². The maximum absolute atomic E-state index is 12.9. The zero-order valence-electron chi connectivity index (χ0n) is 10.8. The van der Waals surface area contributed by atoms with Crippen molar-refractivity contribution in [2.75, 3.05) is 45.8 Å². The van der Waals surface area contributed by atoms with E-state index in [4.69, 9.17) is 0 Å². The largest absolute Gasteiger partial charge is 0.405 e. The van der Waals surface area contributed by atoms with E-state index < -0.39 is 12.2 Å². The van der Waals surface area contributed by atoms with Crippen LogP contribution in [0.2, 0.25) is 0 Å². The van der Waals surface area contributed by atoms with Crippen molar-refractivity contribution in [1.82, 2.24) is 15.1 Å². The molecule has 2 rings (SSSR count). The molecule has 0 radical (unpaired) electrons. The monoisotopic (exact) mass is 265 g/mol. The summed E-state index contributed by atoms with van der Waals surface area (Å²) in [6.07, 6.45) is -3.08. The molecule has 3 nitrogen and oxygen atoms in total. The molecule has 2 aliphatic heterocycles. The Morgan fingerprint density at radius 2 is 2.06 bits per heavy atom. The average molecular weight is 265 g/mol. The van der Waals surface area contributed by atoms with Crippen LogP contribution in [0.5, 0.6) is 0 Å². The summed E-state index contributed by atoms with van der Waals surface area (Å²) < 4.78 is 38.7. The summed E-state index contributed by atoms with van der Waals surface area (Å²) in [5, 5.41) is 2.84. The van der Waals surface area contributed by atoms with Gasteiger partial charge in [0.1, 0.15) is 6.04 Å². The summed E-state index contributed by atoms with van der Waals surface area (Å²) in [7, 11) is 0. The molecule has 0 bridgehead atoms. The van der Waals surface area contributed by atoms with Gasteiger partial charge in [-0.05, 0) is 25.4 Å². The maximum atomic E-state index is 12.9. The number of piperazine rings is 1. The maximum Gasteiger partial charge on any atom is 0.405 e. The number of hydrogen-bond acceptors (Lipinski definition) is 3. The Hall–Kier alpha value is -0.330. The van der Waals surface area contributed by atoms with Crippen molar-refractivity contribution in [3.05, 3.63) is 0 Å². The average Bonchev–Trinajstić information content (AvgIpc) is 2.76. The molecule has 2 fully saturated rings. The molecular weight excluding hydrogens is 243 g/mol. The van der Waals surface area contributed by atoms with Crippen LogP contribution in [0.3, 0.4) is 0 Å². The lowest BCUT2D eigenvalue weighted by Crippen LogP contribution is -2.58. The number of nitrogens with one attached hydrogen (secondary N) is 1. The normalized spacial score (nSPS) is 32.0. The third kappa shape index (κ3) is 3.36. The molecule has 1 N–H and O–H groups in total. The van der Waals surface area contributed by atoms with Crippen molar-refractivity contribution in [3.63, 3.8) is 0 Å². The molecule has 6 heteroatoms. The summed E-state index contributed by atoms with van der Waals surface area (Å²) in [6, 6.07) is -1.30. The standard InChI is InChI=1S/C12H22F3N3/c1-2-17-5-3-10(8-17)9-18-6-4-16-7-11(18)12(13,14)15/h10-11,16H,2-9H2,1H3. The number of likely N-dealkylation sites (tertiary alicyclic amines) is 1. The van der Waals surface area contributed by atoms with Crippen molar-refractivity contribution in [3.8, 4) is 0 Å². The Balaban J connectivity index is 1.90. The minimum atomic E-state index is -4.11. The third-order valence-corrected chi connectivity index (χ3v) is 4.04. The molecule has 0 aromatic heterocycles. The van der Waals surface area contributed by atoms with Gasteiger partial charge in [-0.15, -0.1) is 0 Å². The fourth-order valence-corrected chi connectivity index (χ4v) is 2.97. The SMILES string of the molecule is CCN1CCC(CN2CCNCC2C(F)(F)F)C1. The number of nitrogens with zero attached hydrogens (tertiary/aromatic N) is 2. The van der Waals surface area contributed by atoms with Crippen molar-refractivity contribution in [2.45, 2.75) is 25.6 Å². The van der Waals surface area contributed by atoms with Crippen LogP contribution in [0, 0.1) is 5.92 Å². The third-order valence-electron chi connectivity index (χ3n) is 4.04. The molecule has 0 aromatic rings. The van der Waals surface area contributed by atoms with Crippen LogP contribution in [0.4, 0.5) is 13.2 Å². The summed E-state index contributed by atoms with van der Waals surface area (Å²) in [5.74, 6) is 0.396. The van der Waals surface area contributed by atoms with Gasteiger partial charge in [-0.25, -0.2) is 0 Å². The van der Waals surface area contributed by atoms with E-state index in [2.05, 4.69) is 17.1 Å². The number of alkyl halides is 3. The first-order chi connectivity index (χ1) is 8.50. The topological polar surface area (TPSA) is 18.5 Å². The molecule has 0 saturated carbocycles. The van der Waals surface area contributed by atoms with E-state index in [1.807, 2.05) is 0 Å². The Kier molecular flexibility index (Phi) is 4.50. The van der Waals surface area contributed by atoms with Crippen LogP contribution in [-0.4, -0.2) is 67.8 Å². The highest BCUT2D eigenvalue weighted by atomic mass is 19.4. The Labute approximate surface area is 106 Å². The van der Waals surface area contributed by atoms with Gasteiger partial charge in [0.2, 0.25) is 0 Å². The highest BCUT2D eigenvalue weighted by Gasteiger charge is 2.45. The summed E-state index contributed by atoms with van der Waals surface area (Å²) in [4.78, 5) is 3.94. The summed E-state index contributed by atoms with van der Waals surface area (Å²) in [6.45, 7) is 6.88. The molecule has 18 heavy (non-hydrogen) atoms. The molecule has 0 aromatic carbocycles. The quantitative estimate of drug-likeness (QED) is 0.826. The van der Waals surface area contributed by atoms with Crippen LogP contribution in [-0.2, 0) is 0 Å². The fourth-order valence-electron chi connectivity index (χ4n) is 2.97. The van der Waals surface area contributed by atoms with Gasteiger partial charge >= 0.3 is 6.18 Å². The lowest BCUT2D eigenvalue weighted by atomic mass is 10.1. The number of hydrogen-bond donors (Lipinski definition) is 1. The Morgan fingerprint density at radius 1 is 1.28 bits per heavy atom. The van der Waals surface area contributed by atoms with Crippen LogP contribution in [0.1, 0.15) is 13.3 Å². The van der Waals surface area contributed by atoms with Crippen LogP contribution < -0.4 is 5.32 Å². The lowest BCUT2D eigenvalue weighted by molar-refractivity contribution is -0.188. The Bertz CT molecular complexity index is 270. The molecule has 2 aliphatic rings. The van der Waals surface area contributed by atoms with Crippen molar-refractivity contribution in [1.29, 1.82) is 0 Å². The minimum absolute atomic E-state index is 0.0354. The van der Waals surface area contributed by atoms with Gasteiger partial charge in [-0.3, -0.25) is 4.90 Å².